The molecule has 1 aromatic carbocycles. The zero-order valence-electron chi connectivity index (χ0n) is 11.0. The van der Waals surface area contributed by atoms with Gasteiger partial charge in [-0.15, -0.1) is 11.3 Å². The Labute approximate surface area is 129 Å². The predicted octanol–water partition coefficient (Wildman–Crippen LogP) is 3.72. The maximum absolute atomic E-state index is 12.7. The third-order valence-corrected chi connectivity index (χ3v) is 4.05. The minimum Gasteiger partial charge on any atom is -0.389 e. The number of anilines is 1. The predicted molar refractivity (Wildman–Crippen MR) is 81.5 cm³/mol. The van der Waals surface area contributed by atoms with Crippen molar-refractivity contribution in [3.63, 3.8) is 0 Å². The zero-order chi connectivity index (χ0) is 15.6. The molecule has 1 heterocycles. The third kappa shape index (κ3) is 3.70. The van der Waals surface area contributed by atoms with Gasteiger partial charge in [-0.05, 0) is 25.1 Å². The third-order valence-electron chi connectivity index (χ3n) is 2.90. The van der Waals surface area contributed by atoms with Crippen molar-refractivity contribution in [2.24, 2.45) is 5.73 Å². The molecule has 0 unspecified atom stereocenters. The summed E-state index contributed by atoms with van der Waals surface area (Å²) >= 11 is 6.31. The van der Waals surface area contributed by atoms with Crippen molar-refractivity contribution in [1.82, 2.24) is 4.98 Å². The van der Waals surface area contributed by atoms with Crippen LogP contribution in [0, 0.1) is 6.92 Å². The van der Waals surface area contributed by atoms with Gasteiger partial charge in [-0.1, -0.05) is 12.2 Å². The minimum atomic E-state index is -4.42. The lowest BCUT2D eigenvalue weighted by molar-refractivity contribution is -0.137. The number of aromatic nitrogens is 1. The molecule has 3 nitrogen and oxygen atoms in total. The molecule has 21 heavy (non-hydrogen) atoms. The number of rotatable bonds is 4. The van der Waals surface area contributed by atoms with Gasteiger partial charge in [0.2, 0.25) is 0 Å². The van der Waals surface area contributed by atoms with Gasteiger partial charge in [0.25, 0.3) is 0 Å². The van der Waals surface area contributed by atoms with Crippen LogP contribution in [0.4, 0.5) is 18.9 Å². The number of nitrogens with one attached hydrogen (secondary N) is 1. The first-order valence-electron chi connectivity index (χ1n) is 5.93. The number of nitrogens with zero attached hydrogens (tertiary/aromatic N) is 1. The smallest absolute Gasteiger partial charge is 0.389 e. The van der Waals surface area contributed by atoms with E-state index in [4.69, 9.17) is 18.0 Å². The summed E-state index contributed by atoms with van der Waals surface area (Å²) in [5, 5.41) is 3.05. The molecule has 0 saturated carbocycles. The second-order valence-corrected chi connectivity index (χ2v) is 5.72. The Balaban J connectivity index is 2.27. The standard InChI is InChI=1S/C13H12F3N3S2/c1-7-11(21-6-19-7)5-18-10-3-2-8(13(14,15)16)4-9(10)12(17)20/h2-4,6,18H,5H2,1H3,(H2,17,20). The minimum absolute atomic E-state index is 0.0790. The summed E-state index contributed by atoms with van der Waals surface area (Å²) in [7, 11) is 0. The van der Waals surface area contributed by atoms with Crippen LogP contribution >= 0.6 is 23.6 Å². The van der Waals surface area contributed by atoms with Crippen LogP contribution in [0.3, 0.4) is 0 Å². The fourth-order valence-electron chi connectivity index (χ4n) is 1.75. The highest BCUT2D eigenvalue weighted by molar-refractivity contribution is 7.80. The largest absolute Gasteiger partial charge is 0.416 e. The number of nitrogens with two attached hydrogens (primary N) is 1. The van der Waals surface area contributed by atoms with Crippen molar-refractivity contribution in [1.29, 1.82) is 0 Å². The molecular weight excluding hydrogens is 319 g/mol. The second kappa shape index (κ2) is 5.98. The number of aryl methyl sites for hydroxylation is 1. The zero-order valence-corrected chi connectivity index (χ0v) is 12.6. The molecule has 0 atom stereocenters. The van der Waals surface area contributed by atoms with Gasteiger partial charge < -0.3 is 11.1 Å². The Morgan fingerprint density at radius 2 is 2.14 bits per heavy atom. The molecule has 1 aromatic heterocycles. The van der Waals surface area contributed by atoms with Crippen LogP contribution in [0.1, 0.15) is 21.7 Å². The van der Waals surface area contributed by atoms with Crippen LogP contribution in [0.2, 0.25) is 0 Å². The van der Waals surface area contributed by atoms with Gasteiger partial charge in [-0.3, -0.25) is 0 Å². The quantitative estimate of drug-likeness (QED) is 0.839. The molecule has 3 N–H and O–H groups in total. The van der Waals surface area contributed by atoms with E-state index in [0.717, 1.165) is 22.7 Å². The summed E-state index contributed by atoms with van der Waals surface area (Å²) in [4.78, 5) is 5.04. The molecule has 0 radical (unpaired) electrons. The molecule has 0 fully saturated rings. The van der Waals surface area contributed by atoms with Crippen LogP contribution in [0.15, 0.2) is 23.7 Å². The summed E-state index contributed by atoms with van der Waals surface area (Å²) < 4.78 is 38.1. The molecule has 0 aliphatic rings. The molecule has 112 valence electrons. The molecule has 0 aliphatic heterocycles. The van der Waals surface area contributed by atoms with E-state index in [-0.39, 0.29) is 10.6 Å². The number of thiazole rings is 1. The normalized spacial score (nSPS) is 11.4. The van der Waals surface area contributed by atoms with E-state index in [1.165, 1.54) is 17.4 Å². The lowest BCUT2D eigenvalue weighted by Crippen LogP contribution is -2.15. The topological polar surface area (TPSA) is 50.9 Å². The van der Waals surface area contributed by atoms with Gasteiger partial charge in [-0.25, -0.2) is 4.98 Å². The SMILES string of the molecule is Cc1ncsc1CNc1ccc(C(F)(F)F)cc1C(N)=S. The van der Waals surface area contributed by atoms with Gasteiger partial charge in [0, 0.05) is 16.1 Å². The summed E-state index contributed by atoms with van der Waals surface area (Å²) in [6.45, 7) is 2.33. The van der Waals surface area contributed by atoms with Crippen LogP contribution in [-0.2, 0) is 12.7 Å². The van der Waals surface area contributed by atoms with Gasteiger partial charge in [0.05, 0.1) is 23.3 Å². The van der Waals surface area contributed by atoms with E-state index in [1.54, 1.807) is 5.51 Å². The Bertz CT molecular complexity index is 665. The van der Waals surface area contributed by atoms with Crippen molar-refractivity contribution >= 4 is 34.2 Å². The fraction of sp³-hybridized carbons (Fsp3) is 0.231. The number of hydrogen-bond donors (Lipinski definition) is 2. The first kappa shape index (κ1) is 15.7. The highest BCUT2D eigenvalue weighted by Crippen LogP contribution is 2.32. The lowest BCUT2D eigenvalue weighted by atomic mass is 10.1. The van der Waals surface area contributed by atoms with E-state index >= 15 is 0 Å². The molecule has 0 amide bonds. The molecule has 0 saturated heterocycles. The van der Waals surface area contributed by atoms with Crippen LogP contribution < -0.4 is 11.1 Å². The molecule has 0 spiro atoms. The van der Waals surface area contributed by atoms with E-state index in [2.05, 4.69) is 10.3 Å². The lowest BCUT2D eigenvalue weighted by Gasteiger charge is -2.14. The van der Waals surface area contributed by atoms with Crippen molar-refractivity contribution in [2.45, 2.75) is 19.6 Å². The first-order valence-corrected chi connectivity index (χ1v) is 7.21. The molecular formula is C13H12F3N3S2. The highest BCUT2D eigenvalue weighted by atomic mass is 32.1. The van der Waals surface area contributed by atoms with E-state index in [0.29, 0.717) is 12.2 Å². The number of benzene rings is 1. The maximum Gasteiger partial charge on any atom is 0.416 e. The molecule has 8 heteroatoms. The summed E-state index contributed by atoms with van der Waals surface area (Å²) in [5.41, 5.74) is 8.01. The Kier molecular flexibility index (Phi) is 4.48. The highest BCUT2D eigenvalue weighted by Gasteiger charge is 2.31. The van der Waals surface area contributed by atoms with Gasteiger partial charge in [-0.2, -0.15) is 13.2 Å². The van der Waals surface area contributed by atoms with Gasteiger partial charge in [0.15, 0.2) is 0 Å². The second-order valence-electron chi connectivity index (χ2n) is 4.34. The summed E-state index contributed by atoms with van der Waals surface area (Å²) in [6, 6.07) is 3.31. The summed E-state index contributed by atoms with van der Waals surface area (Å²) in [5.74, 6) is 0. The average Bonchev–Trinajstić information content (AvgIpc) is 2.80. The van der Waals surface area contributed by atoms with Crippen molar-refractivity contribution in [2.75, 3.05) is 5.32 Å². The van der Waals surface area contributed by atoms with Crippen molar-refractivity contribution in [3.8, 4) is 0 Å². The molecule has 0 bridgehead atoms. The van der Waals surface area contributed by atoms with Crippen LogP contribution in [0.5, 0.6) is 0 Å². The average molecular weight is 331 g/mol. The van der Waals surface area contributed by atoms with Crippen LogP contribution in [-0.4, -0.2) is 9.97 Å². The fourth-order valence-corrected chi connectivity index (χ4v) is 2.64. The van der Waals surface area contributed by atoms with E-state index in [1.807, 2.05) is 6.92 Å². The number of thiocarbonyl (C=S) groups is 1. The van der Waals surface area contributed by atoms with Gasteiger partial charge >= 0.3 is 6.18 Å². The maximum atomic E-state index is 12.7. The summed E-state index contributed by atoms with van der Waals surface area (Å²) in [6.07, 6.45) is -4.42. The van der Waals surface area contributed by atoms with Crippen LogP contribution in [0.25, 0.3) is 0 Å². The Morgan fingerprint density at radius 1 is 1.43 bits per heavy atom. The Hall–Kier alpha value is -1.67. The number of alkyl halides is 3. The molecule has 0 aliphatic carbocycles. The molecule has 2 aromatic rings. The van der Waals surface area contributed by atoms with Crippen molar-refractivity contribution < 1.29 is 13.2 Å². The molecule has 2 rings (SSSR count). The van der Waals surface area contributed by atoms with Gasteiger partial charge in [0.1, 0.15) is 4.99 Å². The number of hydrogen-bond acceptors (Lipinski definition) is 4. The first-order chi connectivity index (χ1) is 9.79. The Morgan fingerprint density at radius 3 is 2.67 bits per heavy atom. The van der Waals surface area contributed by atoms with Crippen molar-refractivity contribution in [3.05, 3.63) is 45.4 Å². The van der Waals surface area contributed by atoms with E-state index < -0.39 is 11.7 Å². The monoisotopic (exact) mass is 331 g/mol. The van der Waals surface area contributed by atoms with E-state index in [9.17, 15) is 13.2 Å². The number of halogens is 3.